The topological polar surface area (TPSA) is 49.2 Å². The highest BCUT2D eigenvalue weighted by molar-refractivity contribution is 5.48. The maximum absolute atomic E-state index is 4.66. The zero-order valence-electron chi connectivity index (χ0n) is 15.9. The van der Waals surface area contributed by atoms with Crippen LogP contribution in [0.4, 0.5) is 11.6 Å². The molecule has 3 rings (SSSR count). The number of nitrogens with zero attached hydrogens (tertiary/aromatic N) is 5. The van der Waals surface area contributed by atoms with Crippen LogP contribution in [0.1, 0.15) is 36.1 Å². The molecule has 0 radical (unpaired) electrons. The van der Waals surface area contributed by atoms with E-state index in [1.165, 1.54) is 30.4 Å². The number of hydrogen-bond acceptors (Lipinski definition) is 5. The summed E-state index contributed by atoms with van der Waals surface area (Å²) in [6, 6.07) is 4.34. The molecule has 1 aliphatic heterocycles. The van der Waals surface area contributed by atoms with E-state index in [1.807, 2.05) is 17.9 Å². The first kappa shape index (κ1) is 17.7. The van der Waals surface area contributed by atoms with Gasteiger partial charge in [-0.1, -0.05) is 6.07 Å². The molecular weight excluding hydrogens is 312 g/mol. The number of pyridine rings is 1. The largest absolute Gasteiger partial charge is 0.363 e. The highest BCUT2D eigenvalue weighted by Crippen LogP contribution is 2.21. The molecule has 0 bridgehead atoms. The average Bonchev–Trinajstić information content (AvgIpc) is 2.90. The van der Waals surface area contributed by atoms with E-state index in [0.29, 0.717) is 0 Å². The third-order valence-corrected chi connectivity index (χ3v) is 4.86. The monoisotopic (exact) mass is 342 g/mol. The molecular formula is C19H30N6. The number of hydrogen-bond donors (Lipinski definition) is 1. The Kier molecular flexibility index (Phi) is 5.58. The van der Waals surface area contributed by atoms with E-state index in [1.54, 1.807) is 0 Å². The number of rotatable bonds is 6. The number of nitrogens with one attached hydrogen (secondary N) is 1. The highest BCUT2D eigenvalue weighted by atomic mass is 15.4. The number of anilines is 2. The van der Waals surface area contributed by atoms with Crippen LogP contribution in [0, 0.1) is 6.92 Å². The van der Waals surface area contributed by atoms with Crippen molar-refractivity contribution >= 4 is 11.6 Å². The molecule has 0 amide bonds. The minimum atomic E-state index is 0.807. The summed E-state index contributed by atoms with van der Waals surface area (Å²) in [6.07, 6.45) is 5.91. The molecule has 0 saturated carbocycles. The zero-order valence-corrected chi connectivity index (χ0v) is 15.9. The number of aryl methyl sites for hydroxylation is 2. The molecule has 1 saturated heterocycles. The van der Waals surface area contributed by atoms with Crippen molar-refractivity contribution < 1.29 is 0 Å². The standard InChI is InChI=1S/C19H30N6/c1-15-17(19(23(2)3)24(4)22-15)14-20-12-16-8-9-18(21-13-16)25-10-6-5-7-11-25/h8-9,13,20H,5-7,10-12,14H2,1-4H3. The molecule has 0 atom stereocenters. The number of piperidine rings is 1. The second-order valence-corrected chi connectivity index (χ2v) is 7.08. The Labute approximate surface area is 150 Å². The van der Waals surface area contributed by atoms with Crippen LogP contribution in [-0.4, -0.2) is 41.9 Å². The van der Waals surface area contributed by atoms with Crippen molar-refractivity contribution in [1.29, 1.82) is 0 Å². The van der Waals surface area contributed by atoms with Gasteiger partial charge in [-0.15, -0.1) is 0 Å². The van der Waals surface area contributed by atoms with Gasteiger partial charge >= 0.3 is 0 Å². The Bertz CT molecular complexity index is 683. The van der Waals surface area contributed by atoms with Crippen LogP contribution in [-0.2, 0) is 20.1 Å². The van der Waals surface area contributed by atoms with E-state index in [2.05, 4.69) is 58.4 Å². The Hall–Kier alpha value is -2.08. The van der Waals surface area contributed by atoms with Gasteiger partial charge in [0.15, 0.2) is 0 Å². The van der Waals surface area contributed by atoms with Crippen LogP contribution >= 0.6 is 0 Å². The van der Waals surface area contributed by atoms with E-state index < -0.39 is 0 Å². The second-order valence-electron chi connectivity index (χ2n) is 7.08. The van der Waals surface area contributed by atoms with E-state index in [-0.39, 0.29) is 0 Å². The average molecular weight is 342 g/mol. The summed E-state index contributed by atoms with van der Waals surface area (Å²) in [5, 5.41) is 8.07. The van der Waals surface area contributed by atoms with Crippen LogP contribution in [0.15, 0.2) is 18.3 Å². The first-order valence-corrected chi connectivity index (χ1v) is 9.16. The molecule has 6 nitrogen and oxygen atoms in total. The zero-order chi connectivity index (χ0) is 17.8. The van der Waals surface area contributed by atoms with Gasteiger partial charge in [0, 0.05) is 59.1 Å². The van der Waals surface area contributed by atoms with Crippen molar-refractivity contribution in [2.24, 2.45) is 7.05 Å². The van der Waals surface area contributed by atoms with E-state index in [4.69, 9.17) is 0 Å². The van der Waals surface area contributed by atoms with E-state index >= 15 is 0 Å². The molecule has 0 unspecified atom stereocenters. The smallest absolute Gasteiger partial charge is 0.130 e. The first-order valence-electron chi connectivity index (χ1n) is 9.16. The van der Waals surface area contributed by atoms with Gasteiger partial charge in [-0.3, -0.25) is 4.68 Å². The van der Waals surface area contributed by atoms with Gasteiger partial charge in [0.25, 0.3) is 0 Å². The van der Waals surface area contributed by atoms with E-state index in [0.717, 1.165) is 43.5 Å². The summed E-state index contributed by atoms with van der Waals surface area (Å²) in [4.78, 5) is 9.17. The SMILES string of the molecule is Cc1nn(C)c(N(C)C)c1CNCc1ccc(N2CCCCC2)nc1. The van der Waals surface area contributed by atoms with Crippen LogP contribution < -0.4 is 15.1 Å². The normalized spacial score (nSPS) is 14.8. The molecule has 0 aromatic carbocycles. The summed E-state index contributed by atoms with van der Waals surface area (Å²) < 4.78 is 1.95. The predicted molar refractivity (Wildman–Crippen MR) is 103 cm³/mol. The van der Waals surface area contributed by atoms with Gasteiger partial charge in [-0.2, -0.15) is 5.10 Å². The summed E-state index contributed by atoms with van der Waals surface area (Å²) in [6.45, 7) is 5.96. The Morgan fingerprint density at radius 3 is 2.52 bits per heavy atom. The van der Waals surface area contributed by atoms with Crippen LogP contribution in [0.3, 0.4) is 0 Å². The fourth-order valence-corrected chi connectivity index (χ4v) is 3.62. The quantitative estimate of drug-likeness (QED) is 0.874. The maximum Gasteiger partial charge on any atom is 0.130 e. The van der Waals surface area contributed by atoms with Crippen LogP contribution in [0.25, 0.3) is 0 Å². The van der Waals surface area contributed by atoms with Crippen molar-refractivity contribution in [2.45, 2.75) is 39.3 Å². The van der Waals surface area contributed by atoms with Crippen LogP contribution in [0.5, 0.6) is 0 Å². The highest BCUT2D eigenvalue weighted by Gasteiger charge is 2.15. The third-order valence-electron chi connectivity index (χ3n) is 4.86. The van der Waals surface area contributed by atoms with Crippen molar-refractivity contribution in [3.05, 3.63) is 35.2 Å². The fourth-order valence-electron chi connectivity index (χ4n) is 3.62. The molecule has 1 N–H and O–H groups in total. The molecule has 6 heteroatoms. The molecule has 2 aromatic heterocycles. The Morgan fingerprint density at radius 1 is 1.12 bits per heavy atom. The molecule has 3 heterocycles. The van der Waals surface area contributed by atoms with Crippen molar-refractivity contribution in [3.8, 4) is 0 Å². The minimum absolute atomic E-state index is 0.807. The van der Waals surface area contributed by atoms with Crippen molar-refractivity contribution in [3.63, 3.8) is 0 Å². The molecule has 1 fully saturated rings. The molecule has 0 spiro atoms. The lowest BCUT2D eigenvalue weighted by molar-refractivity contribution is 0.573. The first-order chi connectivity index (χ1) is 12.1. The summed E-state index contributed by atoms with van der Waals surface area (Å²) in [5.41, 5.74) is 3.55. The molecule has 136 valence electrons. The molecule has 2 aromatic rings. The van der Waals surface area contributed by atoms with Gasteiger partial charge in [-0.05, 0) is 37.8 Å². The molecule has 1 aliphatic rings. The maximum atomic E-state index is 4.66. The minimum Gasteiger partial charge on any atom is -0.363 e. The predicted octanol–water partition coefficient (Wildman–Crippen LogP) is 2.47. The molecule has 0 aliphatic carbocycles. The van der Waals surface area contributed by atoms with Gasteiger partial charge in [0.05, 0.1) is 5.69 Å². The summed E-state index contributed by atoms with van der Waals surface area (Å²) in [5.74, 6) is 2.27. The lowest BCUT2D eigenvalue weighted by atomic mass is 10.1. The Morgan fingerprint density at radius 2 is 1.88 bits per heavy atom. The second kappa shape index (κ2) is 7.87. The van der Waals surface area contributed by atoms with Crippen LogP contribution in [0.2, 0.25) is 0 Å². The van der Waals surface area contributed by atoms with Gasteiger partial charge in [0.2, 0.25) is 0 Å². The van der Waals surface area contributed by atoms with E-state index in [9.17, 15) is 0 Å². The van der Waals surface area contributed by atoms with Gasteiger partial charge in [0.1, 0.15) is 11.6 Å². The van der Waals surface area contributed by atoms with Gasteiger partial charge in [-0.25, -0.2) is 4.98 Å². The Balaban J connectivity index is 1.57. The number of aromatic nitrogens is 3. The van der Waals surface area contributed by atoms with Gasteiger partial charge < -0.3 is 15.1 Å². The van der Waals surface area contributed by atoms with Crippen molar-refractivity contribution in [2.75, 3.05) is 37.0 Å². The molecule has 25 heavy (non-hydrogen) atoms. The lowest BCUT2D eigenvalue weighted by Crippen LogP contribution is -2.30. The summed E-state index contributed by atoms with van der Waals surface area (Å²) in [7, 11) is 6.11. The third kappa shape index (κ3) is 4.12. The van der Waals surface area contributed by atoms with Crippen molar-refractivity contribution in [1.82, 2.24) is 20.1 Å². The fraction of sp³-hybridized carbons (Fsp3) is 0.579. The lowest BCUT2D eigenvalue weighted by Gasteiger charge is -2.27. The summed E-state index contributed by atoms with van der Waals surface area (Å²) >= 11 is 0.